The first-order valence-corrected chi connectivity index (χ1v) is 7.60. The lowest BCUT2D eigenvalue weighted by Crippen LogP contribution is -2.19. The molecule has 0 radical (unpaired) electrons. The Morgan fingerprint density at radius 1 is 1.15 bits per heavy atom. The zero-order chi connectivity index (χ0) is 13.9. The van der Waals surface area contributed by atoms with Crippen LogP contribution >= 0.6 is 11.8 Å². The Morgan fingerprint density at radius 2 is 1.95 bits per heavy atom. The molecule has 102 valence electrons. The summed E-state index contributed by atoms with van der Waals surface area (Å²) in [5, 5.41) is 2.87. The number of hydrogen-bond donors (Lipinski definition) is 2. The summed E-state index contributed by atoms with van der Waals surface area (Å²) in [6, 6.07) is 14.3. The third kappa shape index (κ3) is 2.80. The van der Waals surface area contributed by atoms with Gasteiger partial charge in [0.05, 0.1) is 0 Å². The fourth-order valence-electron chi connectivity index (χ4n) is 2.28. The zero-order valence-corrected chi connectivity index (χ0v) is 11.9. The van der Waals surface area contributed by atoms with E-state index in [1.165, 1.54) is 11.1 Å². The van der Waals surface area contributed by atoms with E-state index < -0.39 is 0 Å². The van der Waals surface area contributed by atoms with Crippen LogP contribution in [0.3, 0.4) is 0 Å². The molecule has 20 heavy (non-hydrogen) atoms. The largest absolute Gasteiger partial charge is 0.398 e. The number of hydrogen-bond acceptors (Lipinski definition) is 3. The van der Waals surface area contributed by atoms with E-state index >= 15 is 0 Å². The molecule has 1 amide bonds. The maximum Gasteiger partial charge on any atom is 0.224 e. The van der Waals surface area contributed by atoms with Crippen LogP contribution in [0.2, 0.25) is 0 Å². The molecule has 0 fully saturated rings. The van der Waals surface area contributed by atoms with Crippen molar-refractivity contribution in [3.05, 3.63) is 53.6 Å². The maximum atomic E-state index is 11.4. The van der Waals surface area contributed by atoms with Crippen LogP contribution in [0.4, 0.5) is 11.4 Å². The summed E-state index contributed by atoms with van der Waals surface area (Å²) in [7, 11) is 0. The summed E-state index contributed by atoms with van der Waals surface area (Å²) in [5.74, 6) is 0.970. The predicted molar refractivity (Wildman–Crippen MR) is 83.8 cm³/mol. The van der Waals surface area contributed by atoms with Crippen molar-refractivity contribution in [3.8, 4) is 0 Å². The molecule has 3 rings (SSSR count). The standard InChI is InChI=1S/C16H16N2OS/c17-13-9-14-12(6-7-16(19)18-14)8-15(13)20-10-11-4-2-1-3-5-11/h1-5,8-9H,6-7,10,17H2,(H,18,19). The second-order valence-corrected chi connectivity index (χ2v) is 5.89. The first kappa shape index (κ1) is 13.1. The smallest absolute Gasteiger partial charge is 0.224 e. The van der Waals surface area contributed by atoms with Gasteiger partial charge in [-0.1, -0.05) is 30.3 Å². The Labute approximate surface area is 122 Å². The number of nitrogens with two attached hydrogens (primary N) is 1. The molecule has 0 aliphatic carbocycles. The van der Waals surface area contributed by atoms with Crippen LogP contribution in [0.15, 0.2) is 47.4 Å². The molecule has 2 aromatic rings. The first-order valence-electron chi connectivity index (χ1n) is 6.61. The summed E-state index contributed by atoms with van der Waals surface area (Å²) in [4.78, 5) is 12.5. The lowest BCUT2D eigenvalue weighted by molar-refractivity contribution is -0.116. The number of aryl methyl sites for hydroxylation is 1. The number of fused-ring (bicyclic) bond motifs is 1. The van der Waals surface area contributed by atoms with Gasteiger partial charge in [-0.3, -0.25) is 4.79 Å². The van der Waals surface area contributed by atoms with Crippen molar-refractivity contribution < 1.29 is 4.79 Å². The molecule has 2 aromatic carbocycles. The fourth-order valence-corrected chi connectivity index (χ4v) is 3.25. The number of amides is 1. The Morgan fingerprint density at radius 3 is 2.75 bits per heavy atom. The number of carbonyl (C=O) groups excluding carboxylic acids is 1. The molecule has 3 nitrogen and oxygen atoms in total. The lowest BCUT2D eigenvalue weighted by atomic mass is 10.0. The van der Waals surface area contributed by atoms with Gasteiger partial charge in [-0.05, 0) is 29.7 Å². The molecule has 0 bridgehead atoms. The minimum Gasteiger partial charge on any atom is -0.398 e. The number of anilines is 2. The van der Waals surface area contributed by atoms with Gasteiger partial charge in [0.15, 0.2) is 0 Å². The molecule has 0 spiro atoms. The molecular weight excluding hydrogens is 268 g/mol. The molecular formula is C16H16N2OS. The molecule has 4 heteroatoms. The molecule has 1 aliphatic heterocycles. The quantitative estimate of drug-likeness (QED) is 0.670. The number of carbonyl (C=O) groups is 1. The van der Waals surface area contributed by atoms with Crippen LogP contribution in [-0.2, 0) is 17.0 Å². The number of nitrogen functional groups attached to an aromatic ring is 1. The van der Waals surface area contributed by atoms with Crippen molar-refractivity contribution in [2.24, 2.45) is 0 Å². The first-order chi connectivity index (χ1) is 9.72. The number of benzene rings is 2. The molecule has 1 aliphatic rings. The fraction of sp³-hybridized carbons (Fsp3) is 0.188. The van der Waals surface area contributed by atoms with Gasteiger partial charge in [0.1, 0.15) is 0 Å². The lowest BCUT2D eigenvalue weighted by Gasteiger charge is -2.19. The minimum absolute atomic E-state index is 0.0709. The minimum atomic E-state index is 0.0709. The van der Waals surface area contributed by atoms with Gasteiger partial charge < -0.3 is 11.1 Å². The summed E-state index contributed by atoms with van der Waals surface area (Å²) < 4.78 is 0. The van der Waals surface area contributed by atoms with Gasteiger partial charge >= 0.3 is 0 Å². The molecule has 0 saturated heterocycles. The average Bonchev–Trinajstić information content (AvgIpc) is 2.46. The van der Waals surface area contributed by atoms with Crippen molar-refractivity contribution in [1.29, 1.82) is 0 Å². The maximum absolute atomic E-state index is 11.4. The molecule has 0 unspecified atom stereocenters. The number of thioether (sulfide) groups is 1. The SMILES string of the molecule is Nc1cc2c(cc1SCc1ccccc1)CCC(=O)N2. The highest BCUT2D eigenvalue weighted by atomic mass is 32.2. The average molecular weight is 284 g/mol. The Balaban J connectivity index is 1.79. The Bertz CT molecular complexity index is 640. The summed E-state index contributed by atoms with van der Waals surface area (Å²) in [5.41, 5.74) is 10.1. The molecule has 3 N–H and O–H groups in total. The Hall–Kier alpha value is -1.94. The predicted octanol–water partition coefficient (Wildman–Crippen LogP) is 3.45. The van der Waals surface area contributed by atoms with E-state index in [2.05, 4.69) is 23.5 Å². The van der Waals surface area contributed by atoms with Gasteiger partial charge in [0, 0.05) is 28.4 Å². The zero-order valence-electron chi connectivity index (χ0n) is 11.1. The van der Waals surface area contributed by atoms with Crippen molar-refractivity contribution in [2.75, 3.05) is 11.1 Å². The van der Waals surface area contributed by atoms with Crippen LogP contribution in [0.25, 0.3) is 0 Å². The van der Waals surface area contributed by atoms with Crippen molar-refractivity contribution in [2.45, 2.75) is 23.5 Å². The van der Waals surface area contributed by atoms with E-state index in [4.69, 9.17) is 5.73 Å². The Kier molecular flexibility index (Phi) is 3.65. The summed E-state index contributed by atoms with van der Waals surface area (Å²) >= 11 is 1.74. The topological polar surface area (TPSA) is 55.1 Å². The van der Waals surface area contributed by atoms with E-state index in [9.17, 15) is 4.79 Å². The highest BCUT2D eigenvalue weighted by Crippen LogP contribution is 2.34. The van der Waals surface area contributed by atoms with Gasteiger partial charge in [-0.25, -0.2) is 0 Å². The number of rotatable bonds is 3. The van der Waals surface area contributed by atoms with Gasteiger partial charge in [0.25, 0.3) is 0 Å². The third-order valence-electron chi connectivity index (χ3n) is 3.37. The molecule has 1 heterocycles. The van der Waals surface area contributed by atoms with E-state index in [1.807, 2.05) is 24.3 Å². The van der Waals surface area contributed by atoms with Crippen molar-refractivity contribution in [1.82, 2.24) is 0 Å². The highest BCUT2D eigenvalue weighted by Gasteiger charge is 2.16. The monoisotopic (exact) mass is 284 g/mol. The third-order valence-corrected chi connectivity index (χ3v) is 4.51. The summed E-state index contributed by atoms with van der Waals surface area (Å²) in [6.45, 7) is 0. The van der Waals surface area contributed by atoms with Gasteiger partial charge in [-0.15, -0.1) is 11.8 Å². The van der Waals surface area contributed by atoms with E-state index in [0.717, 1.165) is 28.4 Å². The van der Waals surface area contributed by atoms with E-state index in [-0.39, 0.29) is 5.91 Å². The number of nitrogens with one attached hydrogen (secondary N) is 1. The second kappa shape index (κ2) is 5.59. The van der Waals surface area contributed by atoms with Crippen LogP contribution in [0.5, 0.6) is 0 Å². The van der Waals surface area contributed by atoms with Crippen LogP contribution in [0.1, 0.15) is 17.5 Å². The van der Waals surface area contributed by atoms with Crippen molar-refractivity contribution in [3.63, 3.8) is 0 Å². The molecule has 0 aromatic heterocycles. The van der Waals surface area contributed by atoms with Crippen LogP contribution in [0, 0.1) is 0 Å². The van der Waals surface area contributed by atoms with Crippen LogP contribution < -0.4 is 11.1 Å². The second-order valence-electron chi connectivity index (χ2n) is 4.87. The van der Waals surface area contributed by atoms with Crippen LogP contribution in [-0.4, -0.2) is 5.91 Å². The van der Waals surface area contributed by atoms with E-state index in [1.54, 1.807) is 11.8 Å². The van der Waals surface area contributed by atoms with Gasteiger partial charge in [-0.2, -0.15) is 0 Å². The van der Waals surface area contributed by atoms with Gasteiger partial charge in [0.2, 0.25) is 5.91 Å². The normalized spacial score (nSPS) is 13.7. The summed E-state index contributed by atoms with van der Waals surface area (Å²) in [6.07, 6.45) is 1.35. The van der Waals surface area contributed by atoms with E-state index in [0.29, 0.717) is 6.42 Å². The van der Waals surface area contributed by atoms with Crippen molar-refractivity contribution >= 4 is 29.0 Å². The molecule has 0 atom stereocenters. The highest BCUT2D eigenvalue weighted by molar-refractivity contribution is 7.98. The molecule has 0 saturated carbocycles.